The van der Waals surface area contributed by atoms with Gasteiger partial charge in [0.15, 0.2) is 0 Å². The predicted octanol–water partition coefficient (Wildman–Crippen LogP) is 2.99. The Labute approximate surface area is 151 Å². The summed E-state index contributed by atoms with van der Waals surface area (Å²) >= 11 is 0. The molecule has 0 bridgehead atoms. The molecule has 2 aromatic rings. The number of benzene rings is 2. The van der Waals surface area contributed by atoms with E-state index in [0.29, 0.717) is 12.1 Å². The molecule has 0 aromatic heterocycles. The first-order valence-electron chi connectivity index (χ1n) is 7.90. The Hall–Kier alpha value is -2.47. The standard InChI is InChI=1S/C18H21N2O5P/c1-25-26(2,24)20-16(11-13-7-4-3-5-8-13)17(21)19-15-10-6-9-14(12-15)18(22)23/h3-10,12,16H,11H2,1-2H3,(H,19,21)(H,20,24)(H,22,23)/t16-,26?/m0/s1. The lowest BCUT2D eigenvalue weighted by Gasteiger charge is -2.22. The van der Waals surface area contributed by atoms with Crippen LogP contribution < -0.4 is 10.4 Å². The molecule has 1 amide bonds. The van der Waals surface area contributed by atoms with Crippen LogP contribution in [0.4, 0.5) is 5.69 Å². The second-order valence-electron chi connectivity index (χ2n) is 5.78. The number of carbonyl (C=O) groups excluding carboxylic acids is 1. The molecule has 138 valence electrons. The van der Waals surface area contributed by atoms with Gasteiger partial charge in [-0.2, -0.15) is 0 Å². The van der Waals surface area contributed by atoms with Crippen LogP contribution in [-0.4, -0.2) is 36.8 Å². The molecule has 2 atom stereocenters. The van der Waals surface area contributed by atoms with Crippen LogP contribution in [-0.2, 0) is 20.3 Å². The zero-order valence-electron chi connectivity index (χ0n) is 14.5. The van der Waals surface area contributed by atoms with E-state index >= 15 is 0 Å². The van der Waals surface area contributed by atoms with Crippen LogP contribution in [0.2, 0.25) is 0 Å². The van der Waals surface area contributed by atoms with E-state index in [1.165, 1.54) is 25.9 Å². The van der Waals surface area contributed by atoms with Gasteiger partial charge in [0.2, 0.25) is 5.91 Å². The molecule has 0 aliphatic carbocycles. The maximum absolute atomic E-state index is 12.7. The fourth-order valence-electron chi connectivity index (χ4n) is 2.34. The highest BCUT2D eigenvalue weighted by Gasteiger charge is 2.26. The molecule has 0 fully saturated rings. The molecular formula is C18H21N2O5P. The lowest BCUT2D eigenvalue weighted by molar-refractivity contribution is -0.117. The number of carbonyl (C=O) groups is 2. The Kier molecular flexibility index (Phi) is 6.69. The smallest absolute Gasteiger partial charge is 0.335 e. The Morgan fingerprint density at radius 3 is 2.46 bits per heavy atom. The summed E-state index contributed by atoms with van der Waals surface area (Å²) in [5.41, 5.74) is 1.29. The summed E-state index contributed by atoms with van der Waals surface area (Å²) in [6.45, 7) is 1.39. The van der Waals surface area contributed by atoms with Crippen LogP contribution in [0.15, 0.2) is 54.6 Å². The first kappa shape index (κ1) is 19.8. The summed E-state index contributed by atoms with van der Waals surface area (Å²) in [4.78, 5) is 23.8. The zero-order chi connectivity index (χ0) is 19.2. The maximum atomic E-state index is 12.7. The summed E-state index contributed by atoms with van der Waals surface area (Å²) in [6, 6.07) is 14.4. The van der Waals surface area contributed by atoms with Crippen molar-refractivity contribution in [2.24, 2.45) is 0 Å². The van der Waals surface area contributed by atoms with E-state index in [1.54, 1.807) is 12.1 Å². The van der Waals surface area contributed by atoms with Gasteiger partial charge in [-0.15, -0.1) is 0 Å². The topological polar surface area (TPSA) is 105 Å². The minimum Gasteiger partial charge on any atom is -0.478 e. The number of amides is 1. The summed E-state index contributed by atoms with van der Waals surface area (Å²) in [5.74, 6) is -1.52. The third-order valence-corrected chi connectivity index (χ3v) is 5.19. The van der Waals surface area contributed by atoms with E-state index in [0.717, 1.165) is 5.56 Å². The van der Waals surface area contributed by atoms with Gasteiger partial charge in [-0.25, -0.2) is 9.88 Å². The van der Waals surface area contributed by atoms with Gasteiger partial charge >= 0.3 is 5.97 Å². The summed E-state index contributed by atoms with van der Waals surface area (Å²) < 4.78 is 17.2. The number of carboxylic acids is 1. The lowest BCUT2D eigenvalue weighted by atomic mass is 10.1. The van der Waals surface area contributed by atoms with Crippen molar-refractivity contribution in [1.82, 2.24) is 5.09 Å². The molecule has 2 rings (SSSR count). The molecule has 8 heteroatoms. The van der Waals surface area contributed by atoms with Crippen LogP contribution in [0.5, 0.6) is 0 Å². The fourth-order valence-corrected chi connectivity index (χ4v) is 3.22. The predicted molar refractivity (Wildman–Crippen MR) is 99.6 cm³/mol. The average Bonchev–Trinajstić information content (AvgIpc) is 2.62. The number of rotatable bonds is 8. The van der Waals surface area contributed by atoms with Crippen molar-refractivity contribution in [3.05, 3.63) is 65.7 Å². The summed E-state index contributed by atoms with van der Waals surface area (Å²) in [6.07, 6.45) is 0.298. The van der Waals surface area contributed by atoms with Crippen molar-refractivity contribution in [2.45, 2.75) is 12.5 Å². The second kappa shape index (κ2) is 8.76. The molecule has 0 aliphatic heterocycles. The fraction of sp³-hybridized carbons (Fsp3) is 0.222. The third kappa shape index (κ3) is 5.81. The first-order valence-corrected chi connectivity index (χ1v) is 9.97. The van der Waals surface area contributed by atoms with Gasteiger partial charge in [0.1, 0.15) is 0 Å². The Balaban J connectivity index is 2.20. The van der Waals surface area contributed by atoms with Gasteiger partial charge < -0.3 is 14.9 Å². The highest BCUT2D eigenvalue weighted by molar-refractivity contribution is 7.56. The molecule has 3 N–H and O–H groups in total. The van der Waals surface area contributed by atoms with E-state index in [1.807, 2.05) is 30.3 Å². The molecule has 0 saturated heterocycles. The van der Waals surface area contributed by atoms with Gasteiger partial charge in [0.05, 0.1) is 11.6 Å². The minimum absolute atomic E-state index is 0.0634. The largest absolute Gasteiger partial charge is 0.478 e. The maximum Gasteiger partial charge on any atom is 0.335 e. The lowest BCUT2D eigenvalue weighted by Crippen LogP contribution is -2.40. The Morgan fingerprint density at radius 2 is 1.85 bits per heavy atom. The summed E-state index contributed by atoms with van der Waals surface area (Å²) in [7, 11) is -1.85. The van der Waals surface area contributed by atoms with Crippen LogP contribution in [0, 0.1) is 0 Å². The number of nitrogens with one attached hydrogen (secondary N) is 2. The third-order valence-electron chi connectivity index (χ3n) is 3.71. The Morgan fingerprint density at radius 1 is 1.15 bits per heavy atom. The van der Waals surface area contributed by atoms with E-state index < -0.39 is 25.4 Å². The molecule has 0 aliphatic rings. The molecule has 26 heavy (non-hydrogen) atoms. The van der Waals surface area contributed by atoms with Gasteiger partial charge in [-0.05, 0) is 30.2 Å². The van der Waals surface area contributed by atoms with Gasteiger partial charge in [0, 0.05) is 19.5 Å². The summed E-state index contributed by atoms with van der Waals surface area (Å²) in [5, 5.41) is 14.5. The quantitative estimate of drug-likeness (QED) is 0.612. The van der Waals surface area contributed by atoms with E-state index in [9.17, 15) is 14.2 Å². The van der Waals surface area contributed by atoms with E-state index in [4.69, 9.17) is 9.63 Å². The molecule has 0 heterocycles. The van der Waals surface area contributed by atoms with Crippen molar-refractivity contribution in [2.75, 3.05) is 19.1 Å². The number of hydrogen-bond acceptors (Lipinski definition) is 4. The van der Waals surface area contributed by atoms with Crippen molar-refractivity contribution in [1.29, 1.82) is 0 Å². The highest BCUT2D eigenvalue weighted by atomic mass is 31.2. The molecule has 0 spiro atoms. The number of anilines is 1. The van der Waals surface area contributed by atoms with Crippen molar-refractivity contribution >= 4 is 25.1 Å². The van der Waals surface area contributed by atoms with Crippen LogP contribution in [0.3, 0.4) is 0 Å². The zero-order valence-corrected chi connectivity index (χ0v) is 15.4. The molecule has 0 saturated carbocycles. The molecule has 2 aromatic carbocycles. The van der Waals surface area contributed by atoms with E-state index in [2.05, 4.69) is 10.4 Å². The molecule has 1 unspecified atom stereocenters. The SMILES string of the molecule is COP(C)(=O)N[C@@H](Cc1ccccc1)C(=O)Nc1cccc(C(=O)O)c1. The number of hydrogen-bond donors (Lipinski definition) is 3. The van der Waals surface area contributed by atoms with Gasteiger partial charge in [-0.1, -0.05) is 36.4 Å². The molecule has 7 nitrogen and oxygen atoms in total. The highest BCUT2D eigenvalue weighted by Crippen LogP contribution is 2.37. The minimum atomic E-state index is -3.16. The van der Waals surface area contributed by atoms with Crippen molar-refractivity contribution < 1.29 is 23.8 Å². The molecular weight excluding hydrogens is 355 g/mol. The van der Waals surface area contributed by atoms with Gasteiger partial charge in [-0.3, -0.25) is 9.36 Å². The number of aromatic carboxylic acids is 1. The normalized spacial score (nSPS) is 14.2. The van der Waals surface area contributed by atoms with Crippen LogP contribution in [0.1, 0.15) is 15.9 Å². The average molecular weight is 376 g/mol. The Bertz CT molecular complexity index is 825. The second-order valence-corrected chi connectivity index (χ2v) is 8.09. The molecule has 0 radical (unpaired) electrons. The first-order chi connectivity index (χ1) is 12.3. The van der Waals surface area contributed by atoms with Crippen LogP contribution in [0.25, 0.3) is 0 Å². The monoisotopic (exact) mass is 376 g/mol. The van der Waals surface area contributed by atoms with E-state index in [-0.39, 0.29) is 5.56 Å². The number of carboxylic acid groups (broad SMARTS) is 1. The van der Waals surface area contributed by atoms with Crippen LogP contribution >= 0.6 is 7.52 Å². The van der Waals surface area contributed by atoms with Crippen molar-refractivity contribution in [3.8, 4) is 0 Å². The van der Waals surface area contributed by atoms with Crippen molar-refractivity contribution in [3.63, 3.8) is 0 Å². The van der Waals surface area contributed by atoms with Gasteiger partial charge in [0.25, 0.3) is 7.52 Å².